The highest BCUT2D eigenvalue weighted by molar-refractivity contribution is 4.95. The van der Waals surface area contributed by atoms with Gasteiger partial charge in [-0.15, -0.1) is 10.2 Å². The molecule has 1 unspecified atom stereocenters. The Morgan fingerprint density at radius 2 is 1.64 bits per heavy atom. The van der Waals surface area contributed by atoms with Crippen molar-refractivity contribution in [3.05, 3.63) is 11.8 Å². The fourth-order valence-corrected chi connectivity index (χ4v) is 0.967. The molecule has 1 heterocycles. The summed E-state index contributed by atoms with van der Waals surface area (Å²) in [5, 5.41) is 7.81. The monoisotopic (exact) mass is 196 g/mol. The SMILES string of the molecule is CC(C)c1nnc(C([NH])C(C)(C)C)o1. The normalized spacial score (nSPS) is 14.8. The Morgan fingerprint density at radius 3 is 2.00 bits per heavy atom. The number of hydrogen-bond donors (Lipinski definition) is 0. The van der Waals surface area contributed by atoms with Crippen molar-refractivity contribution in [2.45, 2.75) is 46.6 Å². The average Bonchev–Trinajstić information content (AvgIpc) is 2.48. The second-order valence-electron chi connectivity index (χ2n) is 4.93. The van der Waals surface area contributed by atoms with E-state index < -0.39 is 6.04 Å². The van der Waals surface area contributed by atoms with Gasteiger partial charge in [0.15, 0.2) is 0 Å². The van der Waals surface area contributed by atoms with Crippen LogP contribution in [0.5, 0.6) is 0 Å². The molecule has 0 aliphatic carbocycles. The zero-order valence-corrected chi connectivity index (χ0v) is 9.46. The third-order valence-electron chi connectivity index (χ3n) is 2.06. The highest BCUT2D eigenvalue weighted by Gasteiger charge is 2.28. The Balaban J connectivity index is 2.87. The molecule has 79 valence electrons. The van der Waals surface area contributed by atoms with Crippen LogP contribution in [0, 0.1) is 5.41 Å². The van der Waals surface area contributed by atoms with Gasteiger partial charge < -0.3 is 4.42 Å². The molecule has 0 saturated carbocycles. The molecule has 0 fully saturated rings. The minimum Gasteiger partial charge on any atom is -0.423 e. The van der Waals surface area contributed by atoms with E-state index in [9.17, 15) is 0 Å². The Hall–Kier alpha value is -0.900. The molecule has 4 nitrogen and oxygen atoms in total. The maximum absolute atomic E-state index is 7.92. The lowest BCUT2D eigenvalue weighted by atomic mass is 9.87. The standard InChI is InChI=1S/C10H18N3O/c1-6(2)8-12-13-9(14-8)7(11)10(3,4)5/h6-7,11H,1-5H3. The van der Waals surface area contributed by atoms with Crippen LogP contribution in [0.2, 0.25) is 0 Å². The first-order chi connectivity index (χ1) is 6.32. The molecule has 0 aliphatic heterocycles. The van der Waals surface area contributed by atoms with Gasteiger partial charge in [-0.1, -0.05) is 34.6 Å². The van der Waals surface area contributed by atoms with Crippen LogP contribution in [0.4, 0.5) is 0 Å². The van der Waals surface area contributed by atoms with Crippen LogP contribution in [0.3, 0.4) is 0 Å². The van der Waals surface area contributed by atoms with Gasteiger partial charge in [-0.05, 0) is 5.41 Å². The molecule has 14 heavy (non-hydrogen) atoms. The molecule has 1 rings (SSSR count). The molecule has 1 aromatic heterocycles. The maximum atomic E-state index is 7.92. The Kier molecular flexibility index (Phi) is 2.95. The molecule has 0 bridgehead atoms. The van der Waals surface area contributed by atoms with Crippen molar-refractivity contribution >= 4 is 0 Å². The average molecular weight is 196 g/mol. The van der Waals surface area contributed by atoms with Gasteiger partial charge in [0.05, 0.1) is 0 Å². The van der Waals surface area contributed by atoms with Crippen LogP contribution in [0.15, 0.2) is 4.42 Å². The van der Waals surface area contributed by atoms with Crippen LogP contribution in [-0.4, -0.2) is 10.2 Å². The van der Waals surface area contributed by atoms with Gasteiger partial charge in [0, 0.05) is 5.92 Å². The van der Waals surface area contributed by atoms with Crippen molar-refractivity contribution < 1.29 is 4.42 Å². The molecule has 1 N–H and O–H groups in total. The molecule has 1 aromatic rings. The van der Waals surface area contributed by atoms with E-state index in [2.05, 4.69) is 10.2 Å². The molecule has 0 aromatic carbocycles. The van der Waals surface area contributed by atoms with Crippen molar-refractivity contribution in [1.82, 2.24) is 15.9 Å². The van der Waals surface area contributed by atoms with Gasteiger partial charge >= 0.3 is 0 Å². The lowest BCUT2D eigenvalue weighted by molar-refractivity contribution is 0.263. The van der Waals surface area contributed by atoms with Gasteiger partial charge in [-0.25, -0.2) is 5.73 Å². The van der Waals surface area contributed by atoms with Gasteiger partial charge in [0.25, 0.3) is 0 Å². The third kappa shape index (κ3) is 2.32. The van der Waals surface area contributed by atoms with E-state index in [0.29, 0.717) is 11.8 Å². The maximum Gasteiger partial charge on any atom is 0.235 e. The topological polar surface area (TPSA) is 62.7 Å². The van der Waals surface area contributed by atoms with Gasteiger partial charge in [0.1, 0.15) is 6.04 Å². The van der Waals surface area contributed by atoms with E-state index in [1.807, 2.05) is 34.6 Å². The van der Waals surface area contributed by atoms with E-state index in [-0.39, 0.29) is 11.3 Å². The lowest BCUT2D eigenvalue weighted by Gasteiger charge is -2.22. The zero-order valence-electron chi connectivity index (χ0n) is 9.46. The number of nitrogens with zero attached hydrogens (tertiary/aromatic N) is 2. The van der Waals surface area contributed by atoms with Crippen molar-refractivity contribution in [2.75, 3.05) is 0 Å². The summed E-state index contributed by atoms with van der Waals surface area (Å²) in [4.78, 5) is 0. The van der Waals surface area contributed by atoms with E-state index >= 15 is 0 Å². The first-order valence-corrected chi connectivity index (χ1v) is 4.86. The molecule has 0 saturated heterocycles. The quantitative estimate of drug-likeness (QED) is 0.730. The highest BCUT2D eigenvalue weighted by atomic mass is 16.4. The van der Waals surface area contributed by atoms with Crippen LogP contribution < -0.4 is 5.73 Å². The summed E-state index contributed by atoms with van der Waals surface area (Å²) in [6, 6.07) is -0.456. The Morgan fingerprint density at radius 1 is 1.14 bits per heavy atom. The molecule has 4 heteroatoms. The van der Waals surface area contributed by atoms with Crippen LogP contribution >= 0.6 is 0 Å². The third-order valence-corrected chi connectivity index (χ3v) is 2.06. The van der Waals surface area contributed by atoms with Crippen LogP contribution in [0.1, 0.15) is 58.4 Å². The predicted octanol–water partition coefficient (Wildman–Crippen LogP) is 2.56. The Bertz CT molecular complexity index is 299. The predicted molar refractivity (Wildman–Crippen MR) is 53.7 cm³/mol. The summed E-state index contributed by atoms with van der Waals surface area (Å²) in [6.45, 7) is 9.96. The minimum absolute atomic E-state index is 0.166. The molecule has 0 amide bonds. The van der Waals surface area contributed by atoms with Crippen molar-refractivity contribution in [1.29, 1.82) is 0 Å². The number of hydrogen-bond acceptors (Lipinski definition) is 3. The van der Waals surface area contributed by atoms with Crippen LogP contribution in [0.25, 0.3) is 0 Å². The highest BCUT2D eigenvalue weighted by Crippen LogP contribution is 2.31. The summed E-state index contributed by atoms with van der Waals surface area (Å²) >= 11 is 0. The molecular formula is C10H18N3O. The molecule has 0 spiro atoms. The summed E-state index contributed by atoms with van der Waals surface area (Å²) < 4.78 is 5.42. The minimum atomic E-state index is -0.456. The largest absolute Gasteiger partial charge is 0.423 e. The second-order valence-corrected chi connectivity index (χ2v) is 4.93. The van der Waals surface area contributed by atoms with Gasteiger partial charge in [-0.2, -0.15) is 0 Å². The Labute approximate surface area is 84.9 Å². The lowest BCUT2D eigenvalue weighted by Crippen LogP contribution is -2.19. The van der Waals surface area contributed by atoms with Crippen LogP contribution in [-0.2, 0) is 0 Å². The zero-order chi connectivity index (χ0) is 10.9. The van der Waals surface area contributed by atoms with Crippen molar-refractivity contribution in [3.63, 3.8) is 0 Å². The summed E-state index contributed by atoms with van der Waals surface area (Å²) in [5.41, 5.74) is 7.76. The van der Waals surface area contributed by atoms with E-state index in [1.165, 1.54) is 0 Å². The fourth-order valence-electron chi connectivity index (χ4n) is 0.967. The fraction of sp³-hybridized carbons (Fsp3) is 0.800. The van der Waals surface area contributed by atoms with E-state index in [0.717, 1.165) is 0 Å². The van der Waals surface area contributed by atoms with Gasteiger partial charge in [-0.3, -0.25) is 0 Å². The number of aromatic nitrogens is 2. The van der Waals surface area contributed by atoms with Crippen molar-refractivity contribution in [3.8, 4) is 0 Å². The molecule has 0 aliphatic rings. The summed E-state index contributed by atoms with van der Waals surface area (Å²) in [7, 11) is 0. The molecule has 1 radical (unpaired) electrons. The summed E-state index contributed by atoms with van der Waals surface area (Å²) in [6.07, 6.45) is 0. The second kappa shape index (κ2) is 3.69. The smallest absolute Gasteiger partial charge is 0.235 e. The summed E-state index contributed by atoms with van der Waals surface area (Å²) in [5.74, 6) is 1.26. The number of nitrogens with one attached hydrogen (secondary N) is 1. The molecular weight excluding hydrogens is 178 g/mol. The first kappa shape index (κ1) is 11.2. The van der Waals surface area contributed by atoms with E-state index in [4.69, 9.17) is 10.2 Å². The molecule has 1 atom stereocenters. The van der Waals surface area contributed by atoms with Gasteiger partial charge in [0.2, 0.25) is 11.8 Å². The number of rotatable bonds is 2. The van der Waals surface area contributed by atoms with E-state index in [1.54, 1.807) is 0 Å². The first-order valence-electron chi connectivity index (χ1n) is 4.86. The van der Waals surface area contributed by atoms with Crippen molar-refractivity contribution in [2.24, 2.45) is 5.41 Å².